The van der Waals surface area contributed by atoms with Crippen LogP contribution >= 0.6 is 24.0 Å². The van der Waals surface area contributed by atoms with Crippen molar-refractivity contribution in [2.75, 3.05) is 5.75 Å². The summed E-state index contributed by atoms with van der Waals surface area (Å²) in [6.07, 6.45) is 6.41. The Morgan fingerprint density at radius 3 is 2.86 bits per heavy atom. The monoisotopic (exact) mass is 222 g/mol. The summed E-state index contributed by atoms with van der Waals surface area (Å²) in [6.45, 7) is 2.09. The number of nitrogens with zero attached hydrogens (tertiary/aromatic N) is 2. The third-order valence-corrected chi connectivity index (χ3v) is 3.53. The highest BCUT2D eigenvalue weighted by molar-refractivity contribution is 8.10. The molecule has 0 bridgehead atoms. The Hall–Kier alpha value is -0.740. The topological polar surface area (TPSA) is 25.8 Å². The lowest BCUT2D eigenvalue weighted by molar-refractivity contribution is 0.987. The van der Waals surface area contributed by atoms with Crippen molar-refractivity contribution in [3.63, 3.8) is 0 Å². The number of thiocarbonyl (C=S) groups is 1. The maximum absolute atomic E-state index is 5.13. The Labute approximate surface area is 92.8 Å². The first-order valence-corrected chi connectivity index (χ1v) is 5.88. The van der Waals surface area contributed by atoms with Gasteiger partial charge in [0.1, 0.15) is 0 Å². The lowest BCUT2D eigenvalue weighted by atomic mass is 10.2. The number of rotatable bonds is 2. The molecule has 1 aliphatic rings. The summed E-state index contributed by atoms with van der Waals surface area (Å²) < 4.78 is 0. The molecule has 4 heteroatoms. The molecular weight excluding hydrogens is 212 g/mol. The largest absolute Gasteiger partial charge is 0.257 e. The number of hydrogen-bond donors (Lipinski definition) is 0. The van der Waals surface area contributed by atoms with Crippen LogP contribution in [0.25, 0.3) is 4.91 Å². The van der Waals surface area contributed by atoms with Gasteiger partial charge in [-0.15, -0.1) is 11.8 Å². The van der Waals surface area contributed by atoms with E-state index in [0.717, 1.165) is 28.4 Å². The average molecular weight is 222 g/mol. The van der Waals surface area contributed by atoms with Crippen molar-refractivity contribution in [2.24, 2.45) is 0 Å². The molecule has 2 rings (SSSR count). The number of hydrogen-bond acceptors (Lipinski definition) is 4. The van der Waals surface area contributed by atoms with E-state index in [9.17, 15) is 0 Å². The van der Waals surface area contributed by atoms with Crippen molar-refractivity contribution in [1.82, 2.24) is 9.97 Å². The highest BCUT2D eigenvalue weighted by Gasteiger charge is 2.15. The predicted molar refractivity (Wildman–Crippen MR) is 64.4 cm³/mol. The molecule has 0 atom stereocenters. The molecule has 0 radical (unpaired) electrons. The van der Waals surface area contributed by atoms with Gasteiger partial charge in [0.15, 0.2) is 0 Å². The summed E-state index contributed by atoms with van der Waals surface area (Å²) in [5, 5.41) is 0. The quantitative estimate of drug-likeness (QED) is 0.718. The van der Waals surface area contributed by atoms with Gasteiger partial charge >= 0.3 is 0 Å². The molecule has 0 aromatic carbocycles. The normalized spacial score (nSPS) is 15.8. The van der Waals surface area contributed by atoms with E-state index in [0.29, 0.717) is 0 Å². The maximum Gasteiger partial charge on any atom is 0.0981 e. The van der Waals surface area contributed by atoms with Gasteiger partial charge in [0, 0.05) is 27.9 Å². The van der Waals surface area contributed by atoms with Crippen LogP contribution in [0.2, 0.25) is 0 Å². The van der Waals surface area contributed by atoms with E-state index < -0.39 is 0 Å². The fourth-order valence-corrected chi connectivity index (χ4v) is 2.63. The van der Waals surface area contributed by atoms with Crippen LogP contribution in [0.1, 0.15) is 18.3 Å². The number of aryl methyl sites for hydroxylation is 1. The Morgan fingerprint density at radius 2 is 2.21 bits per heavy atom. The number of allylic oxidation sites excluding steroid dienone is 1. The fourth-order valence-electron chi connectivity index (χ4n) is 1.35. The van der Waals surface area contributed by atoms with Crippen LogP contribution in [-0.4, -0.2) is 20.6 Å². The molecule has 0 N–H and O–H groups in total. The lowest BCUT2D eigenvalue weighted by Crippen LogP contribution is -1.96. The molecule has 2 nitrogen and oxygen atoms in total. The second kappa shape index (κ2) is 4.19. The van der Waals surface area contributed by atoms with Crippen LogP contribution in [0.3, 0.4) is 0 Å². The van der Waals surface area contributed by atoms with Crippen LogP contribution in [-0.2, 0) is 6.42 Å². The first kappa shape index (κ1) is 9.80. The van der Waals surface area contributed by atoms with E-state index in [1.165, 1.54) is 4.91 Å². The minimum absolute atomic E-state index is 0.907. The average Bonchev–Trinajstić information content (AvgIpc) is 2.65. The first-order chi connectivity index (χ1) is 6.81. The van der Waals surface area contributed by atoms with E-state index in [-0.39, 0.29) is 0 Å². The molecule has 0 unspecified atom stereocenters. The van der Waals surface area contributed by atoms with E-state index in [1.54, 1.807) is 24.2 Å². The van der Waals surface area contributed by atoms with Gasteiger partial charge in [-0.25, -0.2) is 0 Å². The van der Waals surface area contributed by atoms with Crippen LogP contribution < -0.4 is 0 Å². The number of thioether (sulfide) groups is 1. The van der Waals surface area contributed by atoms with Crippen molar-refractivity contribution >= 4 is 33.7 Å². The van der Waals surface area contributed by atoms with E-state index in [1.807, 2.05) is 6.08 Å². The summed E-state index contributed by atoms with van der Waals surface area (Å²) >= 11 is 6.88. The number of aromatic nitrogens is 2. The third kappa shape index (κ3) is 1.86. The minimum Gasteiger partial charge on any atom is -0.257 e. The summed E-state index contributed by atoms with van der Waals surface area (Å²) in [6, 6.07) is 0. The molecule has 0 fully saturated rings. The van der Waals surface area contributed by atoms with E-state index in [4.69, 9.17) is 12.2 Å². The summed E-state index contributed by atoms with van der Waals surface area (Å²) in [4.78, 5) is 10.8. The third-order valence-electron chi connectivity index (χ3n) is 2.00. The van der Waals surface area contributed by atoms with Gasteiger partial charge in [0.2, 0.25) is 0 Å². The zero-order chi connectivity index (χ0) is 9.97. The summed E-state index contributed by atoms with van der Waals surface area (Å²) in [5.74, 6) is 0.907. The van der Waals surface area contributed by atoms with Gasteiger partial charge in [-0.3, -0.25) is 9.97 Å². The van der Waals surface area contributed by atoms with Gasteiger partial charge < -0.3 is 0 Å². The first-order valence-electron chi connectivity index (χ1n) is 4.49. The van der Waals surface area contributed by atoms with Crippen molar-refractivity contribution in [1.29, 1.82) is 0 Å². The molecular formula is C10H10N2S2. The van der Waals surface area contributed by atoms with Gasteiger partial charge in [-0.2, -0.15) is 0 Å². The summed E-state index contributed by atoms with van der Waals surface area (Å²) in [5.41, 5.74) is 2.05. The van der Waals surface area contributed by atoms with Crippen LogP contribution in [0, 0.1) is 0 Å². The second-order valence-electron chi connectivity index (χ2n) is 2.97. The fraction of sp³-hybridized carbons (Fsp3) is 0.300. The van der Waals surface area contributed by atoms with Crippen molar-refractivity contribution in [2.45, 2.75) is 13.3 Å². The minimum atomic E-state index is 0.907. The lowest BCUT2D eigenvalue weighted by Gasteiger charge is -2.04. The van der Waals surface area contributed by atoms with Gasteiger partial charge in [0.25, 0.3) is 0 Å². The van der Waals surface area contributed by atoms with E-state index >= 15 is 0 Å². The van der Waals surface area contributed by atoms with Gasteiger partial charge in [0.05, 0.1) is 11.4 Å². The second-order valence-corrected chi connectivity index (χ2v) is 4.51. The highest BCUT2D eigenvalue weighted by Crippen LogP contribution is 2.32. The molecule has 14 heavy (non-hydrogen) atoms. The Kier molecular flexibility index (Phi) is 2.93. The van der Waals surface area contributed by atoms with Gasteiger partial charge in [-0.05, 0) is 12.5 Å². The standard InChI is InChI=1S/C10H10N2S2/c1-2-8-10(12-4-3-11-8)9-5-7(13)6-14-9/h3-5H,2,6H2,1H3. The molecule has 0 saturated heterocycles. The Balaban J connectivity index is 2.41. The molecule has 0 aliphatic carbocycles. The summed E-state index contributed by atoms with van der Waals surface area (Å²) in [7, 11) is 0. The van der Waals surface area contributed by atoms with Crippen LogP contribution in [0.4, 0.5) is 0 Å². The molecule has 72 valence electrons. The zero-order valence-electron chi connectivity index (χ0n) is 7.86. The maximum atomic E-state index is 5.13. The van der Waals surface area contributed by atoms with Gasteiger partial charge in [-0.1, -0.05) is 19.1 Å². The Bertz CT molecular complexity index is 399. The molecule has 1 aliphatic heterocycles. The van der Waals surface area contributed by atoms with E-state index in [2.05, 4.69) is 16.9 Å². The highest BCUT2D eigenvalue weighted by atomic mass is 32.2. The molecule has 2 heterocycles. The van der Waals surface area contributed by atoms with Crippen molar-refractivity contribution < 1.29 is 0 Å². The zero-order valence-corrected chi connectivity index (χ0v) is 9.49. The SMILES string of the molecule is CCc1nccnc1C1=CC(=S)CS1. The molecule has 0 spiro atoms. The molecule has 0 saturated carbocycles. The predicted octanol–water partition coefficient (Wildman–Crippen LogP) is 2.50. The molecule has 0 amide bonds. The van der Waals surface area contributed by atoms with Crippen molar-refractivity contribution in [3.05, 3.63) is 29.9 Å². The van der Waals surface area contributed by atoms with Crippen molar-refractivity contribution in [3.8, 4) is 0 Å². The van der Waals surface area contributed by atoms with Crippen LogP contribution in [0.15, 0.2) is 18.5 Å². The molecule has 1 aromatic heterocycles. The molecule has 1 aromatic rings. The smallest absolute Gasteiger partial charge is 0.0981 e. The Morgan fingerprint density at radius 1 is 1.43 bits per heavy atom. The van der Waals surface area contributed by atoms with Crippen LogP contribution in [0.5, 0.6) is 0 Å².